The van der Waals surface area contributed by atoms with Crippen LogP contribution < -0.4 is 21.3 Å². The fourth-order valence-electron chi connectivity index (χ4n) is 8.85. The van der Waals surface area contributed by atoms with Gasteiger partial charge in [0.25, 0.3) is 0 Å². The second-order valence-corrected chi connectivity index (χ2v) is 22.9. The molecule has 20 nitrogen and oxygen atoms in total. The Balaban J connectivity index is 0.000000149. The molecule has 95 heavy (non-hydrogen) atoms. The molecule has 0 fully saturated rings. The summed E-state index contributed by atoms with van der Waals surface area (Å²) < 4.78 is 5.04. The monoisotopic (exact) mass is 1430 g/mol. The van der Waals surface area contributed by atoms with Crippen molar-refractivity contribution >= 4 is 163 Å². The third kappa shape index (κ3) is 17.5. The van der Waals surface area contributed by atoms with Gasteiger partial charge in [0.15, 0.2) is 0 Å². The molecule has 0 amide bonds. The highest BCUT2D eigenvalue weighted by atomic mass is 35.5. The summed E-state index contributed by atoms with van der Waals surface area (Å²) in [6, 6.07) is 41.1. The largest absolute Gasteiger partial charge is 0.478 e. The summed E-state index contributed by atoms with van der Waals surface area (Å²) in [5.74, 6) is -3.68. The maximum absolute atomic E-state index is 11.3. The molecule has 0 aliphatic heterocycles. The Labute approximate surface area is 580 Å². The maximum atomic E-state index is 11.3. The maximum Gasteiger partial charge on any atom is 0.339 e. The Bertz CT molecular complexity index is 4540. The molecule has 7 heterocycles. The Morgan fingerprint density at radius 1 is 0.379 bits per heavy atom. The van der Waals surface area contributed by atoms with E-state index in [4.69, 9.17) is 97.2 Å². The van der Waals surface area contributed by atoms with Crippen LogP contribution in [-0.4, -0.2) is 79.4 Å². The number of nitrogens with zero attached hydrogens (tertiary/aromatic N) is 6. The minimum Gasteiger partial charge on any atom is -0.478 e. The minimum atomic E-state index is -1.09. The number of pyridine rings is 5. The number of H-pyrrole nitrogens is 1. The molecule has 0 bridgehead atoms. The lowest BCUT2D eigenvalue weighted by molar-refractivity contribution is 0.0686. The van der Waals surface area contributed by atoms with Crippen LogP contribution in [0, 0.1) is 6.92 Å². The first-order valence-corrected chi connectivity index (χ1v) is 30.4. The van der Waals surface area contributed by atoms with Crippen LogP contribution in [0.1, 0.15) is 47.1 Å². The molecule has 12 aromatic rings. The number of aromatic amines is 1. The van der Waals surface area contributed by atoms with E-state index >= 15 is 0 Å². The van der Waals surface area contributed by atoms with Crippen LogP contribution in [0.25, 0.3) is 44.5 Å². The van der Waals surface area contributed by atoms with Crippen LogP contribution >= 0.6 is 92.8 Å². The molecule has 0 aliphatic carbocycles. The van der Waals surface area contributed by atoms with Crippen molar-refractivity contribution in [3.8, 4) is 44.5 Å². The van der Waals surface area contributed by atoms with Gasteiger partial charge in [-0.05, 0) is 156 Å². The van der Waals surface area contributed by atoms with Crippen molar-refractivity contribution < 1.29 is 44.0 Å². The molecular weight excluding hydrogens is 1390 g/mol. The van der Waals surface area contributed by atoms with E-state index in [2.05, 4.69) is 56.4 Å². The predicted octanol–water partition coefficient (Wildman–Crippen LogP) is 20.0. The summed E-state index contributed by atoms with van der Waals surface area (Å²) in [6.07, 6.45) is 14.1. The number of anilines is 8. The van der Waals surface area contributed by atoms with Crippen molar-refractivity contribution in [3.05, 3.63) is 270 Å². The number of furan rings is 1. The molecule has 0 unspecified atom stereocenters. The fourth-order valence-corrected chi connectivity index (χ4v) is 11.2. The van der Waals surface area contributed by atoms with Crippen LogP contribution in [0.15, 0.2) is 206 Å². The molecular formula is C67H45Cl8N11O9. The highest BCUT2D eigenvalue weighted by Gasteiger charge is 2.21. The molecule has 0 radical (unpaired) electrons. The number of aromatic carboxylic acids is 4. The third-order valence-electron chi connectivity index (χ3n) is 13.4. The molecule has 0 aliphatic rings. The van der Waals surface area contributed by atoms with Gasteiger partial charge in [-0.25, -0.2) is 39.1 Å². The molecule has 478 valence electrons. The summed E-state index contributed by atoms with van der Waals surface area (Å²) >= 11 is 50.6. The SMILES string of the molecule is Cc1[nH]ncc1-c1cc(Cl)c(Nc2ncccc2C(=O)O)c(Cl)c1.O=C(O)c1cccnc1Nc1c(Cl)cc(-c2ccccc2)cc1Cl.O=C(O)c1cccnc1Nc1c(Cl)cc(-c2ccncc2)cc1Cl.O=C(O)c1cccnc1Nc1c(Cl)cc(-c2ccoc2)cc1Cl. The molecule has 0 saturated heterocycles. The van der Waals surface area contributed by atoms with E-state index in [-0.39, 0.29) is 45.5 Å². The molecule has 0 atom stereocenters. The van der Waals surface area contributed by atoms with E-state index in [1.807, 2.05) is 49.4 Å². The zero-order chi connectivity index (χ0) is 67.9. The molecule has 12 rings (SSSR count). The summed E-state index contributed by atoms with van der Waals surface area (Å²) in [5.41, 5.74) is 9.54. The van der Waals surface area contributed by atoms with Gasteiger partial charge in [-0.15, -0.1) is 0 Å². The van der Waals surface area contributed by atoms with Gasteiger partial charge in [0, 0.05) is 54.0 Å². The standard InChI is InChI=1S/C18H12Cl2N2O2.C17H11Cl2N3O2.C16H12Cl2N4O2.C16H10Cl2N2O3/c19-14-9-12(11-5-2-1-3-6-11)10-15(20)16(14)22-17-13(18(23)24)7-4-8-21-17;18-13-8-11(10-3-6-20-7-4-10)9-14(19)15(13)22-16-12(17(23)24)2-1-5-21-16;1-8-11(7-20-22-8)9-5-12(17)14(13(18)6-9)21-15-10(16(23)24)3-2-4-19-15;17-12-6-10(9-3-5-23-8-9)7-13(18)14(12)20-15-11(16(21)22)2-1-4-19-15/h1-10H,(H,21,22)(H,23,24);1-9H,(H,21,22)(H,23,24);2-7H,1H3,(H,19,21)(H,20,22)(H,23,24);1-8H,(H,19,20)(H,21,22). The Hall–Kier alpha value is -10.3. The number of hydrogen-bond donors (Lipinski definition) is 9. The number of carboxylic acid groups (broad SMARTS) is 4. The normalized spacial score (nSPS) is 10.5. The van der Waals surface area contributed by atoms with E-state index in [1.54, 1.807) is 110 Å². The van der Waals surface area contributed by atoms with Crippen molar-refractivity contribution in [3.63, 3.8) is 0 Å². The topological polar surface area (TPSA) is 304 Å². The lowest BCUT2D eigenvalue weighted by Crippen LogP contribution is -2.05. The summed E-state index contributed by atoms with van der Waals surface area (Å²) in [4.78, 5) is 65.2. The zero-order valence-electron chi connectivity index (χ0n) is 48.6. The first-order valence-electron chi connectivity index (χ1n) is 27.4. The van der Waals surface area contributed by atoms with Crippen LogP contribution in [0.2, 0.25) is 40.2 Å². The van der Waals surface area contributed by atoms with Crippen LogP contribution in [0.5, 0.6) is 0 Å². The van der Waals surface area contributed by atoms with Crippen molar-refractivity contribution in [2.45, 2.75) is 6.92 Å². The van der Waals surface area contributed by atoms with Gasteiger partial charge in [0.05, 0.1) is 81.7 Å². The van der Waals surface area contributed by atoms with Crippen molar-refractivity contribution in [1.82, 2.24) is 35.1 Å². The van der Waals surface area contributed by atoms with Crippen molar-refractivity contribution in [1.29, 1.82) is 0 Å². The van der Waals surface area contributed by atoms with Crippen LogP contribution in [0.3, 0.4) is 0 Å². The van der Waals surface area contributed by atoms with Gasteiger partial charge < -0.3 is 46.1 Å². The first kappa shape index (κ1) is 69.1. The van der Waals surface area contributed by atoms with E-state index in [0.717, 1.165) is 50.2 Å². The number of nitrogens with one attached hydrogen (secondary N) is 5. The second-order valence-electron chi connectivity index (χ2n) is 19.6. The molecule has 28 heteroatoms. The predicted molar refractivity (Wildman–Crippen MR) is 372 cm³/mol. The van der Waals surface area contributed by atoms with Gasteiger partial charge in [-0.1, -0.05) is 123 Å². The summed E-state index contributed by atoms with van der Waals surface area (Å²) in [7, 11) is 0. The van der Waals surface area contributed by atoms with E-state index in [0.29, 0.717) is 62.9 Å². The third-order valence-corrected chi connectivity index (χ3v) is 15.8. The Morgan fingerprint density at radius 3 is 0.989 bits per heavy atom. The minimum absolute atomic E-state index is 0.0264. The van der Waals surface area contributed by atoms with Crippen LogP contribution in [0.4, 0.5) is 46.0 Å². The van der Waals surface area contributed by atoms with Gasteiger partial charge in [-0.3, -0.25) is 10.1 Å². The highest BCUT2D eigenvalue weighted by Crippen LogP contribution is 2.42. The molecule has 9 N–H and O–H groups in total. The van der Waals surface area contributed by atoms with Gasteiger partial charge in [0.2, 0.25) is 0 Å². The molecule has 5 aromatic carbocycles. The second kappa shape index (κ2) is 32.1. The van der Waals surface area contributed by atoms with Gasteiger partial charge in [-0.2, -0.15) is 5.10 Å². The van der Waals surface area contributed by atoms with Crippen LogP contribution in [-0.2, 0) is 0 Å². The number of halogens is 8. The number of hydrogen-bond acceptors (Lipinski definition) is 15. The zero-order valence-corrected chi connectivity index (χ0v) is 54.6. The number of carbonyl (C=O) groups is 4. The summed E-state index contributed by atoms with van der Waals surface area (Å²) in [5, 5.41) is 58.2. The molecule has 0 spiro atoms. The van der Waals surface area contributed by atoms with E-state index in [1.165, 1.54) is 49.1 Å². The lowest BCUT2D eigenvalue weighted by Gasteiger charge is -2.13. The number of carboxylic acids is 4. The molecule has 0 saturated carbocycles. The number of benzene rings is 5. The Kier molecular flexibility index (Phi) is 23.3. The smallest absolute Gasteiger partial charge is 0.339 e. The van der Waals surface area contributed by atoms with Gasteiger partial charge in [0.1, 0.15) is 45.5 Å². The first-order chi connectivity index (χ1) is 45.6. The van der Waals surface area contributed by atoms with Gasteiger partial charge >= 0.3 is 23.9 Å². The van der Waals surface area contributed by atoms with E-state index in [9.17, 15) is 39.6 Å². The number of aromatic nitrogens is 7. The average molecular weight is 1430 g/mol. The van der Waals surface area contributed by atoms with Crippen molar-refractivity contribution in [2.24, 2.45) is 0 Å². The van der Waals surface area contributed by atoms with Crippen molar-refractivity contribution in [2.75, 3.05) is 21.3 Å². The lowest BCUT2D eigenvalue weighted by atomic mass is 10.1. The fraction of sp³-hybridized carbons (Fsp3) is 0.0149. The number of aryl methyl sites for hydroxylation is 1. The number of rotatable bonds is 16. The van der Waals surface area contributed by atoms with E-state index < -0.39 is 23.9 Å². The average Bonchev–Trinajstić information content (AvgIpc) is 1.67. The molecule has 7 aromatic heterocycles. The highest BCUT2D eigenvalue weighted by molar-refractivity contribution is 6.42. The Morgan fingerprint density at radius 2 is 0.695 bits per heavy atom. The summed E-state index contributed by atoms with van der Waals surface area (Å²) in [6.45, 7) is 1.89. The quantitative estimate of drug-likeness (QED) is 0.0434.